The number of likely N-dealkylation sites (tertiary alicyclic amines) is 1. The average Bonchev–Trinajstić information content (AvgIpc) is 2.86. The van der Waals surface area contributed by atoms with Crippen molar-refractivity contribution in [3.05, 3.63) is 0 Å². The largest absolute Gasteiger partial charge is 0.339 e. The van der Waals surface area contributed by atoms with Crippen LogP contribution in [0.5, 0.6) is 0 Å². The van der Waals surface area contributed by atoms with Crippen LogP contribution in [-0.2, 0) is 4.79 Å². The predicted octanol–water partition coefficient (Wildman–Crippen LogP) is 3.21. The molecular weight excluding hydrogens is 284 g/mol. The van der Waals surface area contributed by atoms with Crippen LogP contribution in [0.25, 0.3) is 0 Å². The van der Waals surface area contributed by atoms with Crippen molar-refractivity contribution in [1.29, 1.82) is 0 Å². The third kappa shape index (κ3) is 3.24. The first-order valence-corrected chi connectivity index (χ1v) is 8.64. The quantitative estimate of drug-likeness (QED) is 0.850. The van der Waals surface area contributed by atoms with E-state index in [1.54, 1.807) is 0 Å². The summed E-state index contributed by atoms with van der Waals surface area (Å²) >= 11 is 0. The van der Waals surface area contributed by atoms with E-state index in [0.29, 0.717) is 35.7 Å². The van der Waals surface area contributed by atoms with Gasteiger partial charge in [-0.1, -0.05) is 20.3 Å². The SMILES string of the molecule is CC(C)C1CCCN1C(=O)C1CC2CCCC(C1)C2N.Cl. The standard InChI is InChI=1S/C17H30N2O.ClH/c1-11(2)15-7-4-8-19(15)17(20)14-9-12-5-3-6-13(10-14)16(12)18;/h11-16H,3-10,18H2,1-2H3;1H. The fourth-order valence-corrected chi connectivity index (χ4v) is 4.98. The molecule has 1 heterocycles. The van der Waals surface area contributed by atoms with E-state index in [4.69, 9.17) is 5.73 Å². The van der Waals surface area contributed by atoms with Crippen molar-refractivity contribution >= 4 is 18.3 Å². The van der Waals surface area contributed by atoms with Gasteiger partial charge in [-0.15, -0.1) is 12.4 Å². The molecule has 0 spiro atoms. The zero-order chi connectivity index (χ0) is 14.3. The maximum Gasteiger partial charge on any atom is 0.225 e. The molecule has 3 atom stereocenters. The fraction of sp³-hybridized carbons (Fsp3) is 0.941. The van der Waals surface area contributed by atoms with Crippen molar-refractivity contribution in [1.82, 2.24) is 4.90 Å². The van der Waals surface area contributed by atoms with E-state index in [2.05, 4.69) is 18.7 Å². The van der Waals surface area contributed by atoms with Crippen LogP contribution in [-0.4, -0.2) is 29.4 Å². The van der Waals surface area contributed by atoms with Crippen LogP contribution in [0.15, 0.2) is 0 Å². The number of nitrogens with two attached hydrogens (primary N) is 1. The molecule has 3 fully saturated rings. The van der Waals surface area contributed by atoms with Gasteiger partial charge in [-0.2, -0.15) is 0 Å². The first-order valence-electron chi connectivity index (χ1n) is 8.64. The molecule has 4 heteroatoms. The molecular formula is C17H31ClN2O. The molecule has 1 saturated heterocycles. The minimum atomic E-state index is 0. The molecule has 3 unspecified atom stereocenters. The minimum Gasteiger partial charge on any atom is -0.339 e. The second-order valence-electron chi connectivity index (χ2n) is 7.68. The van der Waals surface area contributed by atoms with Crippen LogP contribution in [0, 0.1) is 23.7 Å². The first kappa shape index (κ1) is 17.1. The summed E-state index contributed by atoms with van der Waals surface area (Å²) in [5, 5.41) is 0. The molecule has 1 aliphatic heterocycles. The van der Waals surface area contributed by atoms with Crippen LogP contribution in [0.3, 0.4) is 0 Å². The van der Waals surface area contributed by atoms with Crippen molar-refractivity contribution in [2.75, 3.05) is 6.54 Å². The molecule has 3 rings (SSSR count). The van der Waals surface area contributed by atoms with E-state index in [0.717, 1.165) is 19.4 Å². The van der Waals surface area contributed by atoms with Gasteiger partial charge >= 0.3 is 0 Å². The number of hydrogen-bond donors (Lipinski definition) is 1. The Morgan fingerprint density at radius 1 is 1.10 bits per heavy atom. The first-order chi connectivity index (χ1) is 9.58. The van der Waals surface area contributed by atoms with Gasteiger partial charge in [0.05, 0.1) is 0 Å². The molecule has 0 aromatic heterocycles. The lowest BCUT2D eigenvalue weighted by Crippen LogP contribution is -2.50. The highest BCUT2D eigenvalue weighted by Crippen LogP contribution is 2.43. The minimum absolute atomic E-state index is 0. The number of fused-ring (bicyclic) bond motifs is 2. The lowest BCUT2D eigenvalue weighted by Gasteiger charge is -2.45. The molecule has 0 aromatic carbocycles. The van der Waals surface area contributed by atoms with E-state index in [9.17, 15) is 4.79 Å². The number of carbonyl (C=O) groups is 1. The monoisotopic (exact) mass is 314 g/mol. The predicted molar refractivity (Wildman–Crippen MR) is 88.4 cm³/mol. The van der Waals surface area contributed by atoms with Crippen LogP contribution in [0.2, 0.25) is 0 Å². The second kappa shape index (κ2) is 6.87. The highest BCUT2D eigenvalue weighted by atomic mass is 35.5. The van der Waals surface area contributed by atoms with Gasteiger partial charge in [0.2, 0.25) is 5.91 Å². The Morgan fingerprint density at radius 2 is 1.71 bits per heavy atom. The Labute approximate surface area is 135 Å². The Balaban J connectivity index is 0.00000161. The molecule has 1 amide bonds. The summed E-state index contributed by atoms with van der Waals surface area (Å²) in [7, 11) is 0. The summed E-state index contributed by atoms with van der Waals surface area (Å²) in [6, 6.07) is 0.852. The average molecular weight is 315 g/mol. The summed E-state index contributed by atoms with van der Waals surface area (Å²) < 4.78 is 0. The zero-order valence-corrected chi connectivity index (χ0v) is 14.3. The van der Waals surface area contributed by atoms with Crippen molar-refractivity contribution in [2.45, 2.75) is 70.9 Å². The Kier molecular flexibility index (Phi) is 5.59. The maximum atomic E-state index is 12.9. The summed E-state index contributed by atoms with van der Waals surface area (Å²) in [5.41, 5.74) is 6.35. The molecule has 3 nitrogen and oxygen atoms in total. The van der Waals surface area contributed by atoms with Gasteiger partial charge < -0.3 is 10.6 Å². The molecule has 2 saturated carbocycles. The van der Waals surface area contributed by atoms with Gasteiger partial charge in [0, 0.05) is 24.5 Å². The molecule has 3 aliphatic rings. The second-order valence-corrected chi connectivity index (χ2v) is 7.68. The highest BCUT2D eigenvalue weighted by Gasteiger charge is 2.43. The van der Waals surface area contributed by atoms with E-state index >= 15 is 0 Å². The van der Waals surface area contributed by atoms with Crippen molar-refractivity contribution in [3.8, 4) is 0 Å². The summed E-state index contributed by atoms with van der Waals surface area (Å²) in [4.78, 5) is 15.1. The Bertz CT molecular complexity index is 360. The van der Waals surface area contributed by atoms with Crippen LogP contribution >= 0.6 is 12.4 Å². The van der Waals surface area contributed by atoms with Gasteiger partial charge in [-0.25, -0.2) is 0 Å². The number of rotatable bonds is 2. The van der Waals surface area contributed by atoms with E-state index in [-0.39, 0.29) is 18.3 Å². The summed E-state index contributed by atoms with van der Waals surface area (Å²) in [5.74, 6) is 2.52. The van der Waals surface area contributed by atoms with Crippen LogP contribution in [0.4, 0.5) is 0 Å². The molecule has 2 aliphatic carbocycles. The highest BCUT2D eigenvalue weighted by molar-refractivity contribution is 5.85. The van der Waals surface area contributed by atoms with E-state index < -0.39 is 0 Å². The summed E-state index contributed by atoms with van der Waals surface area (Å²) in [6.45, 7) is 5.49. The third-order valence-electron chi connectivity index (χ3n) is 6.11. The van der Waals surface area contributed by atoms with Gasteiger partial charge in [-0.05, 0) is 56.3 Å². The Morgan fingerprint density at radius 3 is 2.29 bits per heavy atom. The topological polar surface area (TPSA) is 46.3 Å². The molecule has 2 N–H and O–H groups in total. The van der Waals surface area contributed by atoms with Crippen LogP contribution < -0.4 is 5.73 Å². The molecule has 0 aromatic rings. The normalized spacial score (nSPS) is 39.2. The fourth-order valence-electron chi connectivity index (χ4n) is 4.98. The van der Waals surface area contributed by atoms with Gasteiger partial charge in [-0.3, -0.25) is 4.79 Å². The van der Waals surface area contributed by atoms with Crippen molar-refractivity contribution in [3.63, 3.8) is 0 Å². The van der Waals surface area contributed by atoms with Gasteiger partial charge in [0.1, 0.15) is 0 Å². The molecule has 122 valence electrons. The Hall–Kier alpha value is -0.280. The van der Waals surface area contributed by atoms with Crippen molar-refractivity contribution < 1.29 is 4.79 Å². The number of carbonyl (C=O) groups excluding carboxylic acids is 1. The van der Waals surface area contributed by atoms with E-state index in [1.165, 1.54) is 32.1 Å². The smallest absolute Gasteiger partial charge is 0.225 e. The number of halogens is 1. The van der Waals surface area contributed by atoms with E-state index in [1.807, 2.05) is 0 Å². The van der Waals surface area contributed by atoms with Crippen molar-refractivity contribution in [2.24, 2.45) is 29.4 Å². The lowest BCUT2D eigenvalue weighted by atomic mass is 9.65. The number of amides is 1. The number of hydrogen-bond acceptors (Lipinski definition) is 2. The molecule has 21 heavy (non-hydrogen) atoms. The number of nitrogens with zero attached hydrogens (tertiary/aromatic N) is 1. The maximum absolute atomic E-state index is 12.9. The molecule has 2 bridgehead atoms. The lowest BCUT2D eigenvalue weighted by molar-refractivity contribution is -0.140. The third-order valence-corrected chi connectivity index (χ3v) is 6.11. The zero-order valence-electron chi connectivity index (χ0n) is 13.5. The summed E-state index contributed by atoms with van der Waals surface area (Å²) in [6.07, 6.45) is 8.30. The molecule has 0 radical (unpaired) electrons. The van der Waals surface area contributed by atoms with Gasteiger partial charge in [0.15, 0.2) is 0 Å². The van der Waals surface area contributed by atoms with Gasteiger partial charge in [0.25, 0.3) is 0 Å². The van der Waals surface area contributed by atoms with Crippen LogP contribution in [0.1, 0.15) is 58.8 Å².